The van der Waals surface area contributed by atoms with Crippen LogP contribution in [-0.4, -0.2) is 24.2 Å². The van der Waals surface area contributed by atoms with Gasteiger partial charge in [0.1, 0.15) is 5.75 Å². The first-order valence-electron chi connectivity index (χ1n) is 9.23. The fourth-order valence-electron chi connectivity index (χ4n) is 2.63. The van der Waals surface area contributed by atoms with Crippen LogP contribution in [0.3, 0.4) is 0 Å². The molecule has 2 amide bonds. The third-order valence-corrected chi connectivity index (χ3v) is 6.05. The molecular weight excluding hydrogens is 511 g/mol. The van der Waals surface area contributed by atoms with Crippen molar-refractivity contribution in [3.8, 4) is 5.75 Å². The second kappa shape index (κ2) is 10.5. The summed E-state index contributed by atoms with van der Waals surface area (Å²) >= 11 is 3.66. The van der Waals surface area contributed by atoms with Gasteiger partial charge in [0.15, 0.2) is 0 Å². The van der Waals surface area contributed by atoms with E-state index in [2.05, 4.69) is 33.2 Å². The van der Waals surface area contributed by atoms with Crippen LogP contribution in [0.15, 0.2) is 77.7 Å². The van der Waals surface area contributed by atoms with Crippen molar-refractivity contribution in [3.63, 3.8) is 0 Å². The molecule has 2 N–H and O–H groups in total. The summed E-state index contributed by atoms with van der Waals surface area (Å²) < 4.78 is 6.23. The highest BCUT2D eigenvalue weighted by atomic mass is 127. The molecule has 0 heterocycles. The van der Waals surface area contributed by atoms with E-state index in [1.807, 2.05) is 55.5 Å². The van der Waals surface area contributed by atoms with Gasteiger partial charge in [0.05, 0.1) is 12.4 Å². The maximum Gasteiger partial charge on any atom is 0.255 e. The predicted molar refractivity (Wildman–Crippen MR) is 130 cm³/mol. The monoisotopic (exact) mass is 532 g/mol. The van der Waals surface area contributed by atoms with E-state index < -0.39 is 0 Å². The molecule has 7 heteroatoms. The molecule has 1 unspecified atom stereocenters. The lowest BCUT2D eigenvalue weighted by Crippen LogP contribution is -2.22. The van der Waals surface area contributed by atoms with Crippen LogP contribution in [0.1, 0.15) is 17.3 Å². The van der Waals surface area contributed by atoms with Gasteiger partial charge in [-0.2, -0.15) is 0 Å². The van der Waals surface area contributed by atoms with Crippen molar-refractivity contribution in [1.82, 2.24) is 0 Å². The van der Waals surface area contributed by atoms with E-state index in [4.69, 9.17) is 4.74 Å². The number of thioether (sulfide) groups is 1. The lowest BCUT2D eigenvalue weighted by molar-refractivity contribution is -0.115. The summed E-state index contributed by atoms with van der Waals surface area (Å²) in [6.07, 6.45) is 0. The van der Waals surface area contributed by atoms with Crippen LogP contribution < -0.4 is 15.4 Å². The first-order chi connectivity index (χ1) is 14.4. The van der Waals surface area contributed by atoms with Gasteiger partial charge in [0.25, 0.3) is 5.91 Å². The zero-order chi connectivity index (χ0) is 21.5. The number of hydrogen-bond donors (Lipinski definition) is 2. The number of halogens is 1. The van der Waals surface area contributed by atoms with E-state index in [9.17, 15) is 9.59 Å². The van der Waals surface area contributed by atoms with E-state index >= 15 is 0 Å². The lowest BCUT2D eigenvalue weighted by atomic mass is 10.2. The Bertz CT molecular complexity index is 1020. The first kappa shape index (κ1) is 22.2. The van der Waals surface area contributed by atoms with E-state index in [1.165, 1.54) is 11.8 Å². The number of carbonyl (C=O) groups excluding carboxylic acids is 2. The van der Waals surface area contributed by atoms with Crippen molar-refractivity contribution in [1.29, 1.82) is 0 Å². The average molecular weight is 532 g/mol. The van der Waals surface area contributed by atoms with Crippen LogP contribution in [0, 0.1) is 3.57 Å². The smallest absolute Gasteiger partial charge is 0.255 e. The van der Waals surface area contributed by atoms with E-state index in [0.717, 1.165) is 14.2 Å². The highest BCUT2D eigenvalue weighted by molar-refractivity contribution is 14.1. The molecule has 0 radical (unpaired) electrons. The van der Waals surface area contributed by atoms with Crippen molar-refractivity contribution in [2.75, 3.05) is 17.7 Å². The van der Waals surface area contributed by atoms with Gasteiger partial charge in [0, 0.05) is 25.4 Å². The maximum atomic E-state index is 12.5. The first-order valence-corrected chi connectivity index (χ1v) is 11.2. The molecule has 3 aromatic rings. The zero-order valence-corrected chi connectivity index (χ0v) is 19.5. The number of nitrogens with one attached hydrogen (secondary N) is 2. The quantitative estimate of drug-likeness (QED) is 0.304. The molecule has 0 aliphatic heterocycles. The number of ether oxygens (including phenoxy) is 1. The van der Waals surface area contributed by atoms with Crippen molar-refractivity contribution in [2.24, 2.45) is 0 Å². The van der Waals surface area contributed by atoms with Crippen LogP contribution >= 0.6 is 34.4 Å². The Kier molecular flexibility index (Phi) is 7.75. The molecule has 0 aliphatic rings. The summed E-state index contributed by atoms with van der Waals surface area (Å²) in [6.45, 7) is 1.86. The third-order valence-electron chi connectivity index (χ3n) is 4.24. The fourth-order valence-corrected chi connectivity index (χ4v) is 3.91. The van der Waals surface area contributed by atoms with E-state index in [-0.39, 0.29) is 17.1 Å². The van der Waals surface area contributed by atoms with Crippen LogP contribution in [0.4, 0.5) is 11.4 Å². The molecule has 1 atom stereocenters. The topological polar surface area (TPSA) is 67.4 Å². The Morgan fingerprint density at radius 2 is 1.63 bits per heavy atom. The van der Waals surface area contributed by atoms with E-state index in [0.29, 0.717) is 17.0 Å². The lowest BCUT2D eigenvalue weighted by Gasteiger charge is -2.13. The van der Waals surface area contributed by atoms with Crippen molar-refractivity contribution < 1.29 is 14.3 Å². The Morgan fingerprint density at radius 1 is 0.933 bits per heavy atom. The zero-order valence-electron chi connectivity index (χ0n) is 16.5. The van der Waals surface area contributed by atoms with Crippen LogP contribution in [0.2, 0.25) is 0 Å². The van der Waals surface area contributed by atoms with Gasteiger partial charge in [-0.3, -0.25) is 9.59 Å². The molecule has 3 aromatic carbocycles. The molecule has 0 aliphatic carbocycles. The van der Waals surface area contributed by atoms with Crippen molar-refractivity contribution >= 4 is 57.5 Å². The normalized spacial score (nSPS) is 11.4. The number of carbonyl (C=O) groups is 2. The molecule has 0 aromatic heterocycles. The van der Waals surface area contributed by atoms with Gasteiger partial charge in [-0.1, -0.05) is 6.07 Å². The van der Waals surface area contributed by atoms with Crippen LogP contribution in [0.25, 0.3) is 0 Å². The Hall–Kier alpha value is -2.52. The minimum absolute atomic E-state index is 0.0751. The molecule has 0 fully saturated rings. The number of amides is 2. The van der Waals surface area contributed by atoms with Crippen LogP contribution in [0.5, 0.6) is 5.75 Å². The molecule has 5 nitrogen and oxygen atoms in total. The fraction of sp³-hybridized carbons (Fsp3) is 0.130. The summed E-state index contributed by atoms with van der Waals surface area (Å²) in [6, 6.07) is 22.0. The van der Waals surface area contributed by atoms with Gasteiger partial charge < -0.3 is 15.4 Å². The van der Waals surface area contributed by atoms with Crippen molar-refractivity contribution in [3.05, 3.63) is 81.9 Å². The number of hydrogen-bond acceptors (Lipinski definition) is 4. The molecular formula is C23H21IN2O3S. The molecule has 3 rings (SSSR count). The Labute approximate surface area is 193 Å². The summed E-state index contributed by atoms with van der Waals surface area (Å²) in [7, 11) is 1.58. The summed E-state index contributed by atoms with van der Waals surface area (Å²) in [4.78, 5) is 25.8. The largest absolute Gasteiger partial charge is 0.497 e. The van der Waals surface area contributed by atoms with Gasteiger partial charge in [-0.15, -0.1) is 11.8 Å². The van der Waals surface area contributed by atoms with E-state index in [1.54, 1.807) is 31.4 Å². The Morgan fingerprint density at radius 3 is 2.30 bits per heavy atom. The second-order valence-electron chi connectivity index (χ2n) is 6.47. The van der Waals surface area contributed by atoms with Gasteiger partial charge in [0.2, 0.25) is 5.91 Å². The number of methoxy groups -OCH3 is 1. The molecule has 0 saturated heterocycles. The minimum atomic E-state index is -0.295. The standard InChI is InChI=1S/C23H21IN2O3S/c1-15(22(27)25-18-10-8-17(24)9-11-18)30-21-5-3-4-19(14-21)26-23(28)16-6-12-20(29-2)13-7-16/h3-15H,1-2H3,(H,25,27)(H,26,28). The van der Waals surface area contributed by atoms with Gasteiger partial charge in [-0.25, -0.2) is 0 Å². The summed E-state index contributed by atoms with van der Waals surface area (Å²) in [5.41, 5.74) is 1.98. The highest BCUT2D eigenvalue weighted by Gasteiger charge is 2.15. The number of benzene rings is 3. The summed E-state index contributed by atoms with van der Waals surface area (Å²) in [5.74, 6) is 0.417. The van der Waals surface area contributed by atoms with Crippen molar-refractivity contribution in [2.45, 2.75) is 17.1 Å². The third kappa shape index (κ3) is 6.24. The summed E-state index contributed by atoms with van der Waals surface area (Å²) in [5, 5.41) is 5.52. The molecule has 0 saturated carbocycles. The Balaban J connectivity index is 1.60. The predicted octanol–water partition coefficient (Wildman–Crippen LogP) is 5.67. The van der Waals surface area contributed by atoms with Gasteiger partial charge in [-0.05, 0) is 96.2 Å². The van der Waals surface area contributed by atoms with Crippen LogP contribution in [-0.2, 0) is 4.79 Å². The molecule has 0 spiro atoms. The molecule has 154 valence electrons. The SMILES string of the molecule is COc1ccc(C(=O)Nc2cccc(SC(C)C(=O)Nc3ccc(I)cc3)c2)cc1. The number of anilines is 2. The highest BCUT2D eigenvalue weighted by Crippen LogP contribution is 2.27. The average Bonchev–Trinajstić information content (AvgIpc) is 2.75. The molecule has 0 bridgehead atoms. The number of rotatable bonds is 7. The minimum Gasteiger partial charge on any atom is -0.497 e. The molecule has 30 heavy (non-hydrogen) atoms. The van der Waals surface area contributed by atoms with Gasteiger partial charge >= 0.3 is 0 Å². The maximum absolute atomic E-state index is 12.5. The second-order valence-corrected chi connectivity index (χ2v) is 9.13.